The largest absolute Gasteiger partial charge is 0.372 e. The van der Waals surface area contributed by atoms with Crippen molar-refractivity contribution in [2.75, 3.05) is 38.5 Å². The minimum atomic E-state index is -3.19. The summed E-state index contributed by atoms with van der Waals surface area (Å²) in [5.74, 6) is 0.176. The Hall–Kier alpha value is -0.960. The lowest BCUT2D eigenvalue weighted by Gasteiger charge is -2.46. The third-order valence-corrected chi connectivity index (χ3v) is 7.35. The highest BCUT2D eigenvalue weighted by Gasteiger charge is 2.43. The quantitative estimate of drug-likeness (QED) is 0.819. The number of thiophene rings is 1. The molecule has 0 unspecified atom stereocenters. The number of ether oxygens (including phenoxy) is 1. The molecule has 23 heavy (non-hydrogen) atoms. The molecule has 2 aliphatic heterocycles. The summed E-state index contributed by atoms with van der Waals surface area (Å²) in [6.07, 6.45) is 1.36. The van der Waals surface area contributed by atoms with Crippen LogP contribution in [0, 0.1) is 0 Å². The number of piperidine rings is 1. The molecule has 2 fully saturated rings. The fourth-order valence-corrected chi connectivity index (χ4v) is 5.05. The van der Waals surface area contributed by atoms with E-state index in [9.17, 15) is 13.2 Å². The van der Waals surface area contributed by atoms with Gasteiger partial charge in [0.05, 0.1) is 22.8 Å². The first-order valence-corrected chi connectivity index (χ1v) is 10.4. The van der Waals surface area contributed by atoms with Crippen molar-refractivity contribution in [2.24, 2.45) is 0 Å². The number of carbonyl (C=O) groups is 1. The van der Waals surface area contributed by atoms with Crippen LogP contribution in [0.4, 0.5) is 0 Å². The van der Waals surface area contributed by atoms with E-state index in [1.165, 1.54) is 11.3 Å². The first-order chi connectivity index (χ1) is 11.0. The van der Waals surface area contributed by atoms with E-state index in [1.807, 2.05) is 22.4 Å². The summed E-state index contributed by atoms with van der Waals surface area (Å²) in [4.78, 5) is 15.0. The number of amides is 1. The molecule has 3 heterocycles. The van der Waals surface area contributed by atoms with Crippen LogP contribution in [0.25, 0.3) is 0 Å². The first kappa shape index (κ1) is 16.9. The van der Waals surface area contributed by atoms with Crippen LogP contribution >= 0.6 is 11.3 Å². The number of sulfonamides is 1. The highest BCUT2D eigenvalue weighted by atomic mass is 32.2. The van der Waals surface area contributed by atoms with E-state index in [4.69, 9.17) is 4.74 Å². The summed E-state index contributed by atoms with van der Waals surface area (Å²) in [5, 5.41) is 1.90. The Morgan fingerprint density at radius 1 is 1.35 bits per heavy atom. The van der Waals surface area contributed by atoms with Gasteiger partial charge in [-0.3, -0.25) is 4.79 Å². The van der Waals surface area contributed by atoms with Gasteiger partial charge in [-0.15, -0.1) is 11.3 Å². The molecule has 0 atom stereocenters. The Morgan fingerprint density at radius 2 is 2.09 bits per heavy atom. The van der Waals surface area contributed by atoms with Crippen LogP contribution in [0.5, 0.6) is 0 Å². The molecule has 0 N–H and O–H groups in total. The highest BCUT2D eigenvalue weighted by Crippen LogP contribution is 2.32. The molecule has 0 aliphatic carbocycles. The zero-order valence-electron chi connectivity index (χ0n) is 13.2. The lowest BCUT2D eigenvalue weighted by Crippen LogP contribution is -2.58. The second kappa shape index (κ2) is 6.51. The summed E-state index contributed by atoms with van der Waals surface area (Å²) in [6.45, 7) is 4.14. The molecule has 128 valence electrons. The number of hydrogen-bond donors (Lipinski definition) is 0. The van der Waals surface area contributed by atoms with Crippen LogP contribution in [-0.2, 0) is 14.8 Å². The summed E-state index contributed by atoms with van der Waals surface area (Å²) in [7, 11) is -3.19. The smallest absolute Gasteiger partial charge is 0.263 e. The van der Waals surface area contributed by atoms with E-state index in [0.29, 0.717) is 45.6 Å². The third-order valence-electron chi connectivity index (χ3n) is 4.67. The lowest BCUT2D eigenvalue weighted by atomic mass is 9.90. The van der Waals surface area contributed by atoms with Gasteiger partial charge in [-0.25, -0.2) is 8.42 Å². The van der Waals surface area contributed by atoms with Gasteiger partial charge in [0.15, 0.2) is 0 Å². The maximum Gasteiger partial charge on any atom is 0.263 e. The fourth-order valence-electron chi connectivity index (χ4n) is 3.21. The molecule has 2 aliphatic rings. The van der Waals surface area contributed by atoms with Gasteiger partial charge in [0, 0.05) is 26.2 Å². The van der Waals surface area contributed by atoms with Gasteiger partial charge in [0.1, 0.15) is 0 Å². The number of likely N-dealkylation sites (tertiary alicyclic amines) is 1. The summed E-state index contributed by atoms with van der Waals surface area (Å²) in [6, 6.07) is 3.71. The van der Waals surface area contributed by atoms with Crippen LogP contribution in [0.2, 0.25) is 0 Å². The van der Waals surface area contributed by atoms with E-state index in [-0.39, 0.29) is 11.7 Å². The molecule has 2 saturated heterocycles. The lowest BCUT2D eigenvalue weighted by molar-refractivity contribution is -0.115. The standard InChI is InChI=1S/C15H22N2O4S2/c1-2-23(19,20)17-9-10-21-15(12-17)5-7-16(8-6-15)14(18)13-4-3-11-22-13/h3-4,11H,2,5-10,12H2,1H3. The average Bonchev–Trinajstić information content (AvgIpc) is 3.09. The van der Waals surface area contributed by atoms with Gasteiger partial charge in [-0.2, -0.15) is 4.31 Å². The normalized spacial score (nSPS) is 22.4. The van der Waals surface area contributed by atoms with E-state index in [1.54, 1.807) is 11.2 Å². The Morgan fingerprint density at radius 3 is 2.70 bits per heavy atom. The molecule has 8 heteroatoms. The highest BCUT2D eigenvalue weighted by molar-refractivity contribution is 7.89. The van der Waals surface area contributed by atoms with Crippen LogP contribution < -0.4 is 0 Å². The maximum absolute atomic E-state index is 12.4. The molecule has 0 saturated carbocycles. The van der Waals surface area contributed by atoms with Crippen LogP contribution in [0.1, 0.15) is 29.4 Å². The summed E-state index contributed by atoms with van der Waals surface area (Å²) < 4.78 is 31.7. The van der Waals surface area contributed by atoms with Gasteiger partial charge in [-0.1, -0.05) is 6.07 Å². The molecule has 1 spiro atoms. The maximum atomic E-state index is 12.4. The number of rotatable bonds is 3. The van der Waals surface area contributed by atoms with E-state index in [2.05, 4.69) is 0 Å². The second-order valence-electron chi connectivity index (χ2n) is 6.04. The van der Waals surface area contributed by atoms with Crippen molar-refractivity contribution in [1.29, 1.82) is 0 Å². The Labute approximate surface area is 141 Å². The molecule has 1 aromatic heterocycles. The van der Waals surface area contributed by atoms with Crippen LogP contribution in [-0.4, -0.2) is 67.7 Å². The Balaban J connectivity index is 1.64. The monoisotopic (exact) mass is 358 g/mol. The van der Waals surface area contributed by atoms with Crippen molar-refractivity contribution in [3.05, 3.63) is 22.4 Å². The molecule has 1 aromatic rings. The van der Waals surface area contributed by atoms with E-state index < -0.39 is 15.6 Å². The van der Waals surface area contributed by atoms with Gasteiger partial charge >= 0.3 is 0 Å². The van der Waals surface area contributed by atoms with Crippen LogP contribution in [0.3, 0.4) is 0 Å². The van der Waals surface area contributed by atoms with E-state index in [0.717, 1.165) is 4.88 Å². The van der Waals surface area contributed by atoms with Crippen molar-refractivity contribution in [1.82, 2.24) is 9.21 Å². The van der Waals surface area contributed by atoms with Crippen molar-refractivity contribution in [2.45, 2.75) is 25.4 Å². The molecule has 0 bridgehead atoms. The molecule has 3 rings (SSSR count). The number of nitrogens with zero attached hydrogens (tertiary/aromatic N) is 2. The summed E-state index contributed by atoms with van der Waals surface area (Å²) >= 11 is 1.45. The topological polar surface area (TPSA) is 66.9 Å². The van der Waals surface area contributed by atoms with Gasteiger partial charge < -0.3 is 9.64 Å². The molecular formula is C15H22N2O4S2. The predicted molar refractivity (Wildman–Crippen MR) is 89.2 cm³/mol. The Kier molecular flexibility index (Phi) is 4.78. The van der Waals surface area contributed by atoms with Gasteiger partial charge in [-0.05, 0) is 31.2 Å². The van der Waals surface area contributed by atoms with Gasteiger partial charge in [0.25, 0.3) is 5.91 Å². The van der Waals surface area contributed by atoms with Crippen LogP contribution in [0.15, 0.2) is 17.5 Å². The van der Waals surface area contributed by atoms with Crippen molar-refractivity contribution in [3.8, 4) is 0 Å². The molecule has 0 aromatic carbocycles. The summed E-state index contributed by atoms with van der Waals surface area (Å²) in [5.41, 5.74) is -0.438. The van der Waals surface area contributed by atoms with E-state index >= 15 is 0 Å². The molecular weight excluding hydrogens is 336 g/mol. The minimum Gasteiger partial charge on any atom is -0.372 e. The minimum absolute atomic E-state index is 0.0590. The first-order valence-electron chi connectivity index (χ1n) is 7.90. The van der Waals surface area contributed by atoms with Crippen molar-refractivity contribution in [3.63, 3.8) is 0 Å². The van der Waals surface area contributed by atoms with Crippen molar-refractivity contribution >= 4 is 27.3 Å². The molecule has 0 radical (unpaired) electrons. The third kappa shape index (κ3) is 3.45. The second-order valence-corrected chi connectivity index (χ2v) is 9.24. The Bertz CT molecular complexity index is 649. The average molecular weight is 358 g/mol. The number of carbonyl (C=O) groups excluding carboxylic acids is 1. The van der Waals surface area contributed by atoms with Crippen molar-refractivity contribution < 1.29 is 17.9 Å². The number of hydrogen-bond acceptors (Lipinski definition) is 5. The number of morpholine rings is 1. The zero-order valence-corrected chi connectivity index (χ0v) is 14.9. The molecule has 1 amide bonds. The SMILES string of the molecule is CCS(=O)(=O)N1CCOC2(CCN(C(=O)c3cccs3)CC2)C1. The van der Waals surface area contributed by atoms with Gasteiger partial charge in [0.2, 0.25) is 10.0 Å². The zero-order chi connectivity index (χ0) is 16.5. The molecule has 6 nitrogen and oxygen atoms in total. The fraction of sp³-hybridized carbons (Fsp3) is 0.667. The predicted octanol–water partition coefficient (Wildman–Crippen LogP) is 1.40.